The number of hydrogen-bond donors (Lipinski definition) is 2. The number of aromatic nitrogens is 4. The molecule has 5 rings (SSSR count). The Morgan fingerprint density at radius 1 is 1.20 bits per heavy atom. The molecule has 152 valence electrons. The summed E-state index contributed by atoms with van der Waals surface area (Å²) in [5, 5.41) is 18.5. The van der Waals surface area contributed by atoms with E-state index in [1.54, 1.807) is 0 Å². The molecule has 3 heterocycles. The van der Waals surface area contributed by atoms with Gasteiger partial charge >= 0.3 is 0 Å². The van der Waals surface area contributed by atoms with E-state index in [1.165, 1.54) is 16.8 Å². The van der Waals surface area contributed by atoms with Crippen LogP contribution >= 0.6 is 0 Å². The predicted octanol–water partition coefficient (Wildman–Crippen LogP) is 4.53. The smallest absolute Gasteiger partial charge is 0.245 e. The maximum atomic E-state index is 14.6. The van der Waals surface area contributed by atoms with E-state index in [9.17, 15) is 9.50 Å². The van der Waals surface area contributed by atoms with Crippen molar-refractivity contribution in [3.05, 3.63) is 71.3 Å². The molecule has 3 aromatic heterocycles. The highest BCUT2D eigenvalue weighted by molar-refractivity contribution is 5.66. The molecule has 0 radical (unpaired) electrons. The van der Waals surface area contributed by atoms with Crippen LogP contribution < -0.4 is 5.32 Å². The number of pyridine rings is 1. The Kier molecular flexibility index (Phi) is 4.29. The Hall–Kier alpha value is -3.32. The highest BCUT2D eigenvalue weighted by atomic mass is 19.1. The summed E-state index contributed by atoms with van der Waals surface area (Å²) in [4.78, 5) is 8.96. The number of benzene rings is 1. The maximum Gasteiger partial charge on any atom is 0.245 e. The summed E-state index contributed by atoms with van der Waals surface area (Å²) in [5.41, 5.74) is 4.16. The number of aliphatic hydroxyl groups is 1. The molecule has 0 spiro atoms. The Morgan fingerprint density at radius 2 is 2.00 bits per heavy atom. The number of halogens is 1. The minimum absolute atomic E-state index is 0.271. The third-order valence-corrected chi connectivity index (χ3v) is 5.85. The van der Waals surface area contributed by atoms with Gasteiger partial charge < -0.3 is 10.4 Å². The van der Waals surface area contributed by atoms with Gasteiger partial charge in [0.1, 0.15) is 11.1 Å². The lowest BCUT2D eigenvalue weighted by Gasteiger charge is -2.21. The molecule has 0 saturated carbocycles. The number of aryl methyl sites for hydroxylation is 2. The fourth-order valence-electron chi connectivity index (χ4n) is 4.00. The number of fused-ring (bicyclic) bond motifs is 2. The molecule has 1 atom stereocenters. The van der Waals surface area contributed by atoms with Crippen LogP contribution in [0.25, 0.3) is 16.9 Å². The average molecular weight is 403 g/mol. The Bertz CT molecular complexity index is 1250. The van der Waals surface area contributed by atoms with Crippen LogP contribution in [0.1, 0.15) is 36.6 Å². The van der Waals surface area contributed by atoms with E-state index in [4.69, 9.17) is 4.98 Å². The summed E-state index contributed by atoms with van der Waals surface area (Å²) in [5.74, 6) is -0.0608. The molecular formula is C23H22FN5O. The highest BCUT2D eigenvalue weighted by Gasteiger charge is 2.37. The second-order valence-electron chi connectivity index (χ2n) is 7.84. The molecule has 0 fully saturated rings. The summed E-state index contributed by atoms with van der Waals surface area (Å²) < 4.78 is 16.1. The first-order valence-corrected chi connectivity index (χ1v) is 10.1. The normalized spacial score (nSPS) is 18.0. The van der Waals surface area contributed by atoms with E-state index in [2.05, 4.69) is 15.4 Å². The lowest BCUT2D eigenvalue weighted by atomic mass is 9.97. The molecule has 30 heavy (non-hydrogen) atoms. The van der Waals surface area contributed by atoms with Crippen LogP contribution in [0.4, 0.5) is 16.0 Å². The van der Waals surface area contributed by atoms with Crippen LogP contribution in [0.5, 0.6) is 0 Å². The van der Waals surface area contributed by atoms with Crippen LogP contribution in [0, 0.1) is 12.7 Å². The quantitative estimate of drug-likeness (QED) is 0.524. The summed E-state index contributed by atoms with van der Waals surface area (Å²) >= 11 is 0. The van der Waals surface area contributed by atoms with Crippen LogP contribution in [-0.2, 0) is 12.0 Å². The Morgan fingerprint density at radius 3 is 2.77 bits per heavy atom. The zero-order valence-corrected chi connectivity index (χ0v) is 16.9. The van der Waals surface area contributed by atoms with Gasteiger partial charge in [0.15, 0.2) is 5.82 Å². The lowest BCUT2D eigenvalue weighted by molar-refractivity contribution is 0.0307. The van der Waals surface area contributed by atoms with Crippen LogP contribution in [0.2, 0.25) is 0 Å². The van der Waals surface area contributed by atoms with Gasteiger partial charge in [-0.25, -0.2) is 18.9 Å². The molecule has 6 nitrogen and oxygen atoms in total. The van der Waals surface area contributed by atoms with Gasteiger partial charge in [-0.1, -0.05) is 30.7 Å². The first-order chi connectivity index (χ1) is 14.5. The first kappa shape index (κ1) is 18.7. The van der Waals surface area contributed by atoms with Crippen molar-refractivity contribution in [1.29, 1.82) is 0 Å². The molecule has 1 aromatic carbocycles. The molecule has 0 saturated heterocycles. The molecule has 2 N–H and O–H groups in total. The zero-order valence-electron chi connectivity index (χ0n) is 16.9. The van der Waals surface area contributed by atoms with Crippen molar-refractivity contribution in [2.75, 3.05) is 5.32 Å². The summed E-state index contributed by atoms with van der Waals surface area (Å²) in [7, 11) is 0. The monoisotopic (exact) mass is 403 g/mol. The topological polar surface area (TPSA) is 75.3 Å². The average Bonchev–Trinajstić information content (AvgIpc) is 3.27. The second kappa shape index (κ2) is 6.88. The molecule has 1 unspecified atom stereocenters. The molecule has 0 amide bonds. The van der Waals surface area contributed by atoms with Gasteiger partial charge in [-0.3, -0.25) is 0 Å². The van der Waals surface area contributed by atoms with E-state index >= 15 is 0 Å². The van der Waals surface area contributed by atoms with E-state index in [1.807, 2.05) is 50.2 Å². The third kappa shape index (κ3) is 3.02. The van der Waals surface area contributed by atoms with Gasteiger partial charge in [-0.05, 0) is 49.9 Å². The SMILES string of the molecule is CCC1(O)CCc2ccc(-c3cc(F)c4cnc(Nc5ccc(C)cc5)nn34)nc21. The van der Waals surface area contributed by atoms with Crippen molar-refractivity contribution >= 4 is 17.2 Å². The van der Waals surface area contributed by atoms with E-state index in [0.29, 0.717) is 35.9 Å². The van der Waals surface area contributed by atoms with Crippen molar-refractivity contribution < 1.29 is 9.50 Å². The standard InChI is InChI=1S/C23H22FN5O/c1-3-23(30)11-10-15-6-9-18(27-21(15)23)19-12-17(24)20-13-25-22(28-29(19)20)26-16-7-4-14(2)5-8-16/h4-9,12-13,30H,3,10-11H2,1-2H3,(H,26,28). The molecule has 7 heteroatoms. The van der Waals surface area contributed by atoms with E-state index in [-0.39, 0.29) is 5.52 Å². The summed E-state index contributed by atoms with van der Waals surface area (Å²) in [6.07, 6.45) is 3.50. The van der Waals surface area contributed by atoms with Crippen molar-refractivity contribution in [2.45, 2.75) is 38.7 Å². The summed E-state index contributed by atoms with van der Waals surface area (Å²) in [6, 6.07) is 13.1. The van der Waals surface area contributed by atoms with Crippen molar-refractivity contribution in [1.82, 2.24) is 19.6 Å². The third-order valence-electron chi connectivity index (χ3n) is 5.85. The predicted molar refractivity (Wildman–Crippen MR) is 113 cm³/mol. The number of rotatable bonds is 4. The first-order valence-electron chi connectivity index (χ1n) is 10.1. The number of nitrogens with zero attached hydrogens (tertiary/aromatic N) is 4. The number of anilines is 2. The van der Waals surface area contributed by atoms with Gasteiger partial charge in [-0.2, -0.15) is 0 Å². The van der Waals surface area contributed by atoms with Gasteiger partial charge in [-0.15, -0.1) is 5.10 Å². The maximum absolute atomic E-state index is 14.6. The molecule has 4 aromatic rings. The number of nitrogens with one attached hydrogen (secondary N) is 1. The van der Waals surface area contributed by atoms with Crippen molar-refractivity contribution in [3.8, 4) is 11.4 Å². The zero-order chi connectivity index (χ0) is 20.9. The Labute approximate surface area is 173 Å². The second-order valence-corrected chi connectivity index (χ2v) is 7.84. The molecule has 0 aliphatic heterocycles. The number of hydrogen-bond acceptors (Lipinski definition) is 5. The van der Waals surface area contributed by atoms with Crippen LogP contribution in [0.3, 0.4) is 0 Å². The largest absolute Gasteiger partial charge is 0.384 e. The van der Waals surface area contributed by atoms with Gasteiger partial charge in [0.05, 0.1) is 23.3 Å². The minimum atomic E-state index is -0.926. The molecule has 1 aliphatic rings. The fourth-order valence-corrected chi connectivity index (χ4v) is 4.00. The van der Waals surface area contributed by atoms with Gasteiger partial charge in [0.2, 0.25) is 5.95 Å². The molecule has 0 bridgehead atoms. The Balaban J connectivity index is 1.58. The minimum Gasteiger partial charge on any atom is -0.384 e. The summed E-state index contributed by atoms with van der Waals surface area (Å²) in [6.45, 7) is 3.97. The fraction of sp³-hybridized carbons (Fsp3) is 0.261. The molecule has 1 aliphatic carbocycles. The van der Waals surface area contributed by atoms with Crippen LogP contribution in [0.15, 0.2) is 48.7 Å². The lowest BCUT2D eigenvalue weighted by Crippen LogP contribution is -2.22. The van der Waals surface area contributed by atoms with E-state index in [0.717, 1.165) is 23.2 Å². The van der Waals surface area contributed by atoms with Gasteiger partial charge in [0.25, 0.3) is 0 Å². The van der Waals surface area contributed by atoms with E-state index < -0.39 is 11.4 Å². The van der Waals surface area contributed by atoms with Crippen LogP contribution in [-0.4, -0.2) is 24.7 Å². The molecular weight excluding hydrogens is 381 g/mol. The van der Waals surface area contributed by atoms with Gasteiger partial charge in [0, 0.05) is 11.8 Å². The van der Waals surface area contributed by atoms with Crippen molar-refractivity contribution in [2.24, 2.45) is 0 Å². The highest BCUT2D eigenvalue weighted by Crippen LogP contribution is 2.39. The van der Waals surface area contributed by atoms with Crippen molar-refractivity contribution in [3.63, 3.8) is 0 Å².